The molecule has 1 aliphatic heterocycles. The van der Waals surface area contributed by atoms with Gasteiger partial charge in [-0.2, -0.15) is 18.4 Å². The Morgan fingerprint density at radius 3 is 2.56 bits per heavy atom. The summed E-state index contributed by atoms with van der Waals surface area (Å²) in [6.07, 6.45) is -3.35. The second kappa shape index (κ2) is 9.03. The summed E-state index contributed by atoms with van der Waals surface area (Å²) in [5, 5.41) is 22.2. The standard InChI is InChI=1S/C22H16F4N6O2/c23-15-3-1-2-12(6-15)19-28-8-14(9-29-19)21(34)30-16-10-32(11-17(16)33)20-13(7-27)4-5-18(31-20)22(24,25)26/h1-6,8-9,16-17,33H,10-11H2,(H,30,34)/t16-,17+/m1/s1. The maximum Gasteiger partial charge on any atom is 0.433 e. The highest BCUT2D eigenvalue weighted by Gasteiger charge is 2.37. The Morgan fingerprint density at radius 1 is 1.18 bits per heavy atom. The van der Waals surface area contributed by atoms with Crippen LogP contribution in [0.2, 0.25) is 0 Å². The molecule has 2 atom stereocenters. The Balaban J connectivity index is 1.48. The van der Waals surface area contributed by atoms with Crippen molar-refractivity contribution in [1.29, 1.82) is 5.26 Å². The number of β-amino-alcohol motifs (C(OH)–C–C–N with tert-alkyl or cyclic N) is 1. The Labute approximate surface area is 190 Å². The molecule has 2 aromatic heterocycles. The lowest BCUT2D eigenvalue weighted by molar-refractivity contribution is -0.141. The van der Waals surface area contributed by atoms with Crippen LogP contribution in [0.1, 0.15) is 21.6 Å². The number of aliphatic hydroxyl groups is 1. The molecule has 3 aromatic rings. The van der Waals surface area contributed by atoms with Gasteiger partial charge in [0.05, 0.1) is 23.3 Å². The third-order valence-corrected chi connectivity index (χ3v) is 5.19. The van der Waals surface area contributed by atoms with E-state index in [1.807, 2.05) is 0 Å². The number of alkyl halides is 3. The van der Waals surface area contributed by atoms with Gasteiger partial charge < -0.3 is 15.3 Å². The summed E-state index contributed by atoms with van der Waals surface area (Å²) in [5.41, 5.74) is -0.760. The number of amides is 1. The lowest BCUT2D eigenvalue weighted by Crippen LogP contribution is -2.43. The number of halogens is 4. The Morgan fingerprint density at radius 2 is 1.91 bits per heavy atom. The van der Waals surface area contributed by atoms with Crippen molar-refractivity contribution in [1.82, 2.24) is 20.3 Å². The van der Waals surface area contributed by atoms with Crippen molar-refractivity contribution in [3.8, 4) is 17.5 Å². The lowest BCUT2D eigenvalue weighted by Gasteiger charge is -2.20. The Hall–Kier alpha value is -4.11. The first-order valence-corrected chi connectivity index (χ1v) is 9.96. The van der Waals surface area contributed by atoms with Gasteiger partial charge in [0, 0.05) is 31.0 Å². The Kier molecular flexibility index (Phi) is 6.12. The lowest BCUT2D eigenvalue weighted by atomic mass is 10.2. The van der Waals surface area contributed by atoms with Crippen molar-refractivity contribution in [2.45, 2.75) is 18.3 Å². The largest absolute Gasteiger partial charge is 0.433 e. The number of aromatic nitrogens is 3. The molecule has 0 saturated carbocycles. The van der Waals surface area contributed by atoms with Crippen LogP contribution in [0.15, 0.2) is 48.8 Å². The van der Waals surface area contributed by atoms with Crippen LogP contribution in [-0.4, -0.2) is 51.2 Å². The summed E-state index contributed by atoms with van der Waals surface area (Å²) in [7, 11) is 0. The van der Waals surface area contributed by atoms with E-state index in [1.165, 1.54) is 35.5 Å². The zero-order chi connectivity index (χ0) is 24.5. The fourth-order valence-corrected chi connectivity index (χ4v) is 3.51. The van der Waals surface area contributed by atoms with E-state index < -0.39 is 35.7 Å². The molecule has 0 spiro atoms. The quantitative estimate of drug-likeness (QED) is 0.561. The number of nitriles is 1. The van der Waals surface area contributed by atoms with Gasteiger partial charge in [-0.05, 0) is 24.3 Å². The molecule has 1 aliphatic rings. The predicted octanol–water partition coefficient (Wildman–Crippen LogP) is 2.55. The number of hydrogen-bond acceptors (Lipinski definition) is 7. The molecule has 8 nitrogen and oxygen atoms in total. The fourth-order valence-electron chi connectivity index (χ4n) is 3.51. The molecule has 1 saturated heterocycles. The smallest absolute Gasteiger partial charge is 0.389 e. The predicted molar refractivity (Wildman–Crippen MR) is 111 cm³/mol. The number of nitrogens with one attached hydrogen (secondary N) is 1. The van der Waals surface area contributed by atoms with Crippen LogP contribution >= 0.6 is 0 Å². The fraction of sp³-hybridized carbons (Fsp3) is 0.227. The molecule has 2 N–H and O–H groups in total. The molecule has 4 rings (SSSR count). The number of rotatable bonds is 4. The zero-order valence-corrected chi connectivity index (χ0v) is 17.3. The number of nitrogens with zero attached hydrogens (tertiary/aromatic N) is 5. The molecular formula is C22H16F4N6O2. The first kappa shape index (κ1) is 23.1. The van der Waals surface area contributed by atoms with Gasteiger partial charge in [-0.15, -0.1) is 0 Å². The number of aliphatic hydroxyl groups excluding tert-OH is 1. The second-order valence-electron chi connectivity index (χ2n) is 7.54. The monoisotopic (exact) mass is 472 g/mol. The van der Waals surface area contributed by atoms with Crippen molar-refractivity contribution >= 4 is 11.7 Å². The van der Waals surface area contributed by atoms with Gasteiger partial charge in [-0.25, -0.2) is 19.3 Å². The summed E-state index contributed by atoms with van der Waals surface area (Å²) in [4.78, 5) is 25.6. The van der Waals surface area contributed by atoms with Crippen LogP contribution in [0.4, 0.5) is 23.4 Å². The molecule has 3 heterocycles. The van der Waals surface area contributed by atoms with Crippen molar-refractivity contribution in [3.63, 3.8) is 0 Å². The van der Waals surface area contributed by atoms with Gasteiger partial charge in [0.25, 0.3) is 5.91 Å². The van der Waals surface area contributed by atoms with Gasteiger partial charge in [0.2, 0.25) is 0 Å². The summed E-state index contributed by atoms with van der Waals surface area (Å²) < 4.78 is 52.6. The molecule has 0 aliphatic carbocycles. The summed E-state index contributed by atoms with van der Waals surface area (Å²) in [6, 6.07) is 8.29. The van der Waals surface area contributed by atoms with Gasteiger partial charge in [-0.1, -0.05) is 12.1 Å². The maximum absolute atomic E-state index is 13.4. The summed E-state index contributed by atoms with van der Waals surface area (Å²) in [6.45, 7) is -0.207. The molecule has 1 amide bonds. The minimum Gasteiger partial charge on any atom is -0.389 e. The zero-order valence-electron chi connectivity index (χ0n) is 17.3. The molecule has 12 heteroatoms. The number of anilines is 1. The van der Waals surface area contributed by atoms with Crippen molar-refractivity contribution in [3.05, 3.63) is 71.4 Å². The SMILES string of the molecule is N#Cc1ccc(C(F)(F)F)nc1N1C[C@H](O)[C@H](NC(=O)c2cnc(-c3cccc(F)c3)nc2)C1. The van der Waals surface area contributed by atoms with E-state index in [1.54, 1.807) is 12.1 Å². The van der Waals surface area contributed by atoms with E-state index in [4.69, 9.17) is 0 Å². The van der Waals surface area contributed by atoms with E-state index in [9.17, 15) is 32.7 Å². The molecule has 0 unspecified atom stereocenters. The normalized spacial score (nSPS) is 17.9. The van der Waals surface area contributed by atoms with Crippen LogP contribution < -0.4 is 10.2 Å². The number of benzene rings is 1. The minimum absolute atomic E-state index is 0.0701. The molecule has 174 valence electrons. The third-order valence-electron chi connectivity index (χ3n) is 5.19. The number of hydrogen-bond donors (Lipinski definition) is 2. The topological polar surface area (TPSA) is 115 Å². The Bertz CT molecular complexity index is 1260. The van der Waals surface area contributed by atoms with E-state index in [2.05, 4.69) is 20.3 Å². The number of carbonyl (C=O) groups excluding carboxylic acids is 1. The average Bonchev–Trinajstić information content (AvgIpc) is 3.18. The third kappa shape index (κ3) is 4.79. The van der Waals surface area contributed by atoms with Crippen molar-refractivity contribution in [2.75, 3.05) is 18.0 Å². The highest BCUT2D eigenvalue weighted by atomic mass is 19.4. The first-order chi connectivity index (χ1) is 16.2. The van der Waals surface area contributed by atoms with Crippen molar-refractivity contribution in [2.24, 2.45) is 0 Å². The first-order valence-electron chi connectivity index (χ1n) is 9.96. The molecule has 0 radical (unpaired) electrons. The minimum atomic E-state index is -4.70. The van der Waals surface area contributed by atoms with Crippen LogP contribution in [0.25, 0.3) is 11.4 Å². The molecular weight excluding hydrogens is 456 g/mol. The van der Waals surface area contributed by atoms with Crippen molar-refractivity contribution < 1.29 is 27.5 Å². The van der Waals surface area contributed by atoms with E-state index in [0.717, 1.165) is 6.07 Å². The van der Waals surface area contributed by atoms with Gasteiger partial charge >= 0.3 is 6.18 Å². The molecule has 1 aromatic carbocycles. The van der Waals surface area contributed by atoms with E-state index in [-0.39, 0.29) is 35.9 Å². The molecule has 1 fully saturated rings. The molecule has 34 heavy (non-hydrogen) atoms. The van der Waals surface area contributed by atoms with Crippen LogP contribution in [0.3, 0.4) is 0 Å². The molecule has 0 bridgehead atoms. The summed E-state index contributed by atoms with van der Waals surface area (Å²) in [5.74, 6) is -1.09. The van der Waals surface area contributed by atoms with E-state index >= 15 is 0 Å². The van der Waals surface area contributed by atoms with Crippen LogP contribution in [0.5, 0.6) is 0 Å². The highest BCUT2D eigenvalue weighted by Crippen LogP contribution is 2.31. The number of pyridine rings is 1. The highest BCUT2D eigenvalue weighted by molar-refractivity contribution is 5.94. The van der Waals surface area contributed by atoms with Gasteiger partial charge in [-0.3, -0.25) is 4.79 Å². The van der Waals surface area contributed by atoms with E-state index in [0.29, 0.717) is 11.6 Å². The second-order valence-corrected chi connectivity index (χ2v) is 7.54. The summed E-state index contributed by atoms with van der Waals surface area (Å²) >= 11 is 0. The van der Waals surface area contributed by atoms with Gasteiger partial charge in [0.1, 0.15) is 23.4 Å². The van der Waals surface area contributed by atoms with Crippen LogP contribution in [0, 0.1) is 17.1 Å². The van der Waals surface area contributed by atoms with Gasteiger partial charge in [0.15, 0.2) is 5.82 Å². The maximum atomic E-state index is 13.4. The average molecular weight is 472 g/mol. The number of carbonyl (C=O) groups is 1. The van der Waals surface area contributed by atoms with Crippen LogP contribution in [-0.2, 0) is 6.18 Å².